The largest absolute Gasteiger partial charge is 0.469 e. The molecule has 128 valence electrons. The van der Waals surface area contributed by atoms with Crippen molar-refractivity contribution in [3.05, 3.63) is 40.3 Å². The predicted molar refractivity (Wildman–Crippen MR) is 88.0 cm³/mol. The number of hydrogen-bond donors (Lipinski definition) is 0. The summed E-state index contributed by atoms with van der Waals surface area (Å²) < 4.78 is 42.4. The third-order valence-corrected chi connectivity index (χ3v) is 4.55. The fourth-order valence-electron chi connectivity index (χ4n) is 1.92. The summed E-state index contributed by atoms with van der Waals surface area (Å²) in [4.78, 5) is 25.0. The molecule has 0 saturated carbocycles. The van der Waals surface area contributed by atoms with Gasteiger partial charge in [0.1, 0.15) is 4.32 Å². The number of hydrogen-bond acceptors (Lipinski definition) is 5. The number of benzene rings is 1. The lowest BCUT2D eigenvalue weighted by Crippen LogP contribution is -2.30. The number of ether oxygens (including phenoxy) is 1. The highest BCUT2D eigenvalue weighted by Crippen LogP contribution is 2.33. The minimum atomic E-state index is -4.41. The van der Waals surface area contributed by atoms with Crippen LogP contribution in [0.3, 0.4) is 0 Å². The maximum atomic E-state index is 12.5. The first-order chi connectivity index (χ1) is 11.2. The molecule has 0 aromatic heterocycles. The van der Waals surface area contributed by atoms with Crippen molar-refractivity contribution in [2.75, 3.05) is 13.7 Å². The van der Waals surface area contributed by atoms with Crippen LogP contribution in [0.1, 0.15) is 17.5 Å². The van der Waals surface area contributed by atoms with Gasteiger partial charge in [-0.1, -0.05) is 36.1 Å². The van der Waals surface area contributed by atoms with Gasteiger partial charge in [-0.25, -0.2) is 0 Å². The third-order valence-electron chi connectivity index (χ3n) is 3.18. The number of thioether (sulfide) groups is 1. The number of nitrogens with zero attached hydrogens (tertiary/aromatic N) is 1. The van der Waals surface area contributed by atoms with Crippen LogP contribution in [-0.2, 0) is 20.5 Å². The lowest BCUT2D eigenvalue weighted by atomic mass is 10.1. The summed E-state index contributed by atoms with van der Waals surface area (Å²) >= 11 is 6.14. The Morgan fingerprint density at radius 2 is 1.96 bits per heavy atom. The van der Waals surface area contributed by atoms with Gasteiger partial charge in [0.25, 0.3) is 5.91 Å². The summed E-state index contributed by atoms with van der Waals surface area (Å²) in [7, 11) is 1.25. The van der Waals surface area contributed by atoms with Crippen molar-refractivity contribution in [3.63, 3.8) is 0 Å². The number of carbonyl (C=O) groups excluding carboxylic acids is 2. The SMILES string of the molecule is COC(=O)CCN1C(=O)C(=Cc2ccc(C(F)(F)F)cc2)SC1=S. The molecule has 1 saturated heterocycles. The summed E-state index contributed by atoms with van der Waals surface area (Å²) in [5.74, 6) is -0.843. The van der Waals surface area contributed by atoms with Crippen LogP contribution < -0.4 is 0 Å². The van der Waals surface area contributed by atoms with Crippen LogP contribution in [0.2, 0.25) is 0 Å². The highest BCUT2D eigenvalue weighted by atomic mass is 32.2. The summed E-state index contributed by atoms with van der Waals surface area (Å²) in [5.41, 5.74) is -0.304. The topological polar surface area (TPSA) is 46.6 Å². The number of rotatable bonds is 4. The molecule has 4 nitrogen and oxygen atoms in total. The molecule has 0 spiro atoms. The second kappa shape index (κ2) is 7.35. The van der Waals surface area contributed by atoms with E-state index >= 15 is 0 Å². The number of amides is 1. The van der Waals surface area contributed by atoms with Crippen LogP contribution in [0.15, 0.2) is 29.2 Å². The van der Waals surface area contributed by atoms with Gasteiger partial charge in [0.05, 0.1) is 24.0 Å². The monoisotopic (exact) mass is 375 g/mol. The Bertz CT molecular complexity index is 699. The van der Waals surface area contributed by atoms with Crippen molar-refractivity contribution in [3.8, 4) is 0 Å². The van der Waals surface area contributed by atoms with Crippen molar-refractivity contribution < 1.29 is 27.5 Å². The number of carbonyl (C=O) groups is 2. The average molecular weight is 375 g/mol. The molecule has 1 aromatic rings. The maximum absolute atomic E-state index is 12.5. The van der Waals surface area contributed by atoms with E-state index in [4.69, 9.17) is 12.2 Å². The Hall–Kier alpha value is -1.87. The van der Waals surface area contributed by atoms with Crippen LogP contribution in [0.5, 0.6) is 0 Å². The van der Waals surface area contributed by atoms with Crippen molar-refractivity contribution >= 4 is 46.3 Å². The summed E-state index contributed by atoms with van der Waals surface area (Å²) in [6, 6.07) is 4.46. The Kier molecular flexibility index (Phi) is 5.66. The number of thiocarbonyl (C=S) groups is 1. The normalized spacial score (nSPS) is 16.8. The van der Waals surface area contributed by atoms with Crippen LogP contribution in [-0.4, -0.2) is 34.8 Å². The van der Waals surface area contributed by atoms with Crippen LogP contribution in [0, 0.1) is 0 Å². The fraction of sp³-hybridized carbons (Fsp3) is 0.267. The van der Waals surface area contributed by atoms with Crippen molar-refractivity contribution in [2.24, 2.45) is 0 Å². The highest BCUT2D eigenvalue weighted by molar-refractivity contribution is 8.26. The van der Waals surface area contributed by atoms with Crippen molar-refractivity contribution in [1.82, 2.24) is 4.90 Å². The van der Waals surface area contributed by atoms with Gasteiger partial charge < -0.3 is 4.74 Å². The minimum Gasteiger partial charge on any atom is -0.469 e. The van der Waals surface area contributed by atoms with Crippen LogP contribution >= 0.6 is 24.0 Å². The van der Waals surface area contributed by atoms with E-state index < -0.39 is 17.7 Å². The van der Waals surface area contributed by atoms with Gasteiger partial charge in [0, 0.05) is 6.54 Å². The molecule has 24 heavy (non-hydrogen) atoms. The smallest absolute Gasteiger partial charge is 0.416 e. The van der Waals surface area contributed by atoms with Crippen molar-refractivity contribution in [1.29, 1.82) is 0 Å². The third kappa shape index (κ3) is 4.35. The first-order valence-electron chi connectivity index (χ1n) is 6.72. The Morgan fingerprint density at radius 3 is 2.50 bits per heavy atom. The van der Waals surface area contributed by atoms with Gasteiger partial charge in [0.2, 0.25) is 0 Å². The number of halogens is 3. The van der Waals surface area contributed by atoms with Gasteiger partial charge >= 0.3 is 12.1 Å². The number of alkyl halides is 3. The molecule has 1 aliphatic rings. The molecule has 9 heteroatoms. The molecule has 1 amide bonds. The first kappa shape index (κ1) is 18.5. The molecule has 0 atom stereocenters. The zero-order chi connectivity index (χ0) is 17.9. The van der Waals surface area contributed by atoms with Gasteiger partial charge in [-0.3, -0.25) is 14.5 Å². The lowest BCUT2D eigenvalue weighted by molar-refractivity contribution is -0.141. The van der Waals surface area contributed by atoms with Gasteiger partial charge in [-0.2, -0.15) is 13.2 Å². The predicted octanol–water partition coefficient (Wildman–Crippen LogP) is 3.47. The molecule has 0 aliphatic carbocycles. The summed E-state index contributed by atoms with van der Waals surface area (Å²) in [6.07, 6.45) is -2.93. The van der Waals surface area contributed by atoms with E-state index in [-0.39, 0.29) is 18.9 Å². The van der Waals surface area contributed by atoms with E-state index in [9.17, 15) is 22.8 Å². The van der Waals surface area contributed by atoms with Crippen LogP contribution in [0.4, 0.5) is 13.2 Å². The number of esters is 1. The van der Waals surface area contributed by atoms with Gasteiger partial charge in [0.15, 0.2) is 0 Å². The molecule has 1 aliphatic heterocycles. The maximum Gasteiger partial charge on any atom is 0.416 e. The summed E-state index contributed by atoms with van der Waals surface area (Å²) in [6.45, 7) is 0.0989. The molecular formula is C15H12F3NO3S2. The van der Waals surface area contributed by atoms with Crippen LogP contribution in [0.25, 0.3) is 6.08 Å². The molecule has 0 unspecified atom stereocenters. The lowest BCUT2D eigenvalue weighted by Gasteiger charge is -2.12. The molecular weight excluding hydrogens is 363 g/mol. The summed E-state index contributed by atoms with van der Waals surface area (Å²) in [5, 5.41) is 0. The van der Waals surface area contributed by atoms with E-state index in [1.807, 2.05) is 0 Å². The second-order valence-electron chi connectivity index (χ2n) is 4.78. The zero-order valence-corrected chi connectivity index (χ0v) is 14.1. The Labute approximate surface area is 145 Å². The van der Waals surface area contributed by atoms with Gasteiger partial charge in [-0.15, -0.1) is 0 Å². The first-order valence-corrected chi connectivity index (χ1v) is 7.94. The van der Waals surface area contributed by atoms with E-state index in [0.717, 1.165) is 23.9 Å². The Balaban J connectivity index is 2.12. The molecule has 0 bridgehead atoms. The van der Waals surface area contributed by atoms with E-state index in [0.29, 0.717) is 14.8 Å². The second-order valence-corrected chi connectivity index (χ2v) is 6.46. The van der Waals surface area contributed by atoms with Crippen molar-refractivity contribution in [2.45, 2.75) is 12.6 Å². The zero-order valence-electron chi connectivity index (χ0n) is 12.4. The molecule has 0 N–H and O–H groups in total. The highest BCUT2D eigenvalue weighted by Gasteiger charge is 2.32. The molecule has 1 aromatic carbocycles. The minimum absolute atomic E-state index is 0.0104. The van der Waals surface area contributed by atoms with E-state index in [1.54, 1.807) is 0 Å². The molecule has 0 radical (unpaired) electrons. The van der Waals surface area contributed by atoms with E-state index in [1.165, 1.54) is 30.2 Å². The average Bonchev–Trinajstić information content (AvgIpc) is 2.78. The fourth-order valence-corrected chi connectivity index (χ4v) is 3.23. The van der Waals surface area contributed by atoms with Gasteiger partial charge in [-0.05, 0) is 23.8 Å². The quantitative estimate of drug-likeness (QED) is 0.458. The molecule has 1 heterocycles. The standard InChI is InChI=1S/C15H12F3NO3S2/c1-22-12(20)6-7-19-13(21)11(24-14(19)23)8-9-2-4-10(5-3-9)15(16,17)18/h2-5,8H,6-7H2,1H3. The molecule has 1 fully saturated rings. The molecule has 2 rings (SSSR count). The Morgan fingerprint density at radius 1 is 1.33 bits per heavy atom. The van der Waals surface area contributed by atoms with E-state index in [2.05, 4.69) is 4.74 Å². The number of methoxy groups -OCH3 is 1.